The molecule has 0 aromatic carbocycles. The minimum atomic E-state index is -0.135. The highest BCUT2D eigenvalue weighted by molar-refractivity contribution is 6.17. The minimum absolute atomic E-state index is 0.135. The smallest absolute Gasteiger partial charge is 0.138 e. The number of halogens is 1. The first-order valence-electron chi connectivity index (χ1n) is 8.60. The van der Waals surface area contributed by atoms with E-state index < -0.39 is 0 Å². The molecule has 1 aliphatic carbocycles. The SMILES string of the molecule is CCCc1cnc(C(C=O)C2CCC(CCCCl)CC2)nc1. The molecule has 1 saturated carbocycles. The Labute approximate surface area is 138 Å². The predicted octanol–water partition coefficient (Wildman–Crippen LogP) is 4.54. The van der Waals surface area contributed by atoms with Crippen LogP contribution in [0.25, 0.3) is 0 Å². The predicted molar refractivity (Wildman–Crippen MR) is 90.2 cm³/mol. The van der Waals surface area contributed by atoms with Gasteiger partial charge in [0.25, 0.3) is 0 Å². The highest BCUT2D eigenvalue weighted by Crippen LogP contribution is 2.37. The Balaban J connectivity index is 1.93. The number of aryl methyl sites for hydroxylation is 1. The van der Waals surface area contributed by atoms with Crippen LogP contribution in [-0.2, 0) is 11.2 Å². The Morgan fingerprint density at radius 1 is 1.27 bits per heavy atom. The number of hydrogen-bond donors (Lipinski definition) is 0. The summed E-state index contributed by atoms with van der Waals surface area (Å²) in [5, 5.41) is 0. The Bertz CT molecular complexity index is 441. The number of carbonyl (C=O) groups is 1. The summed E-state index contributed by atoms with van der Waals surface area (Å²) >= 11 is 5.77. The number of alkyl halides is 1. The Morgan fingerprint density at radius 3 is 2.50 bits per heavy atom. The molecule has 1 fully saturated rings. The molecule has 4 heteroatoms. The second kappa shape index (κ2) is 9.24. The van der Waals surface area contributed by atoms with Crippen molar-refractivity contribution in [3.05, 3.63) is 23.8 Å². The Morgan fingerprint density at radius 2 is 1.95 bits per heavy atom. The molecule has 0 spiro atoms. The fourth-order valence-electron chi connectivity index (χ4n) is 3.54. The lowest BCUT2D eigenvalue weighted by molar-refractivity contribution is -0.110. The van der Waals surface area contributed by atoms with Gasteiger partial charge in [0, 0.05) is 18.3 Å². The molecule has 1 heterocycles. The quantitative estimate of drug-likeness (QED) is 0.521. The lowest BCUT2D eigenvalue weighted by Crippen LogP contribution is -2.23. The number of carbonyl (C=O) groups excluding carboxylic acids is 1. The van der Waals surface area contributed by atoms with Gasteiger partial charge in [-0.15, -0.1) is 11.6 Å². The fraction of sp³-hybridized carbons (Fsp3) is 0.722. The lowest BCUT2D eigenvalue weighted by atomic mass is 9.75. The van der Waals surface area contributed by atoms with Crippen molar-refractivity contribution >= 4 is 17.9 Å². The summed E-state index contributed by atoms with van der Waals surface area (Å²) in [6, 6.07) is 0. The molecule has 1 aromatic heterocycles. The van der Waals surface area contributed by atoms with E-state index in [4.69, 9.17) is 11.6 Å². The molecule has 0 aliphatic heterocycles. The van der Waals surface area contributed by atoms with E-state index in [9.17, 15) is 4.79 Å². The second-order valence-corrected chi connectivity index (χ2v) is 6.85. The van der Waals surface area contributed by atoms with Crippen molar-refractivity contribution < 1.29 is 4.79 Å². The van der Waals surface area contributed by atoms with Crippen molar-refractivity contribution in [2.75, 3.05) is 5.88 Å². The average molecular weight is 323 g/mol. The Kier molecular flexibility index (Phi) is 7.31. The normalized spacial score (nSPS) is 23.2. The van der Waals surface area contributed by atoms with Gasteiger partial charge in [-0.05, 0) is 49.5 Å². The molecule has 1 aromatic rings. The monoisotopic (exact) mass is 322 g/mol. The molecule has 0 amide bonds. The van der Waals surface area contributed by atoms with E-state index in [-0.39, 0.29) is 5.92 Å². The van der Waals surface area contributed by atoms with E-state index in [2.05, 4.69) is 16.9 Å². The van der Waals surface area contributed by atoms with E-state index in [1.54, 1.807) is 0 Å². The van der Waals surface area contributed by atoms with E-state index in [1.807, 2.05) is 12.4 Å². The molecule has 0 bridgehead atoms. The van der Waals surface area contributed by atoms with Crippen molar-refractivity contribution in [2.24, 2.45) is 11.8 Å². The van der Waals surface area contributed by atoms with Gasteiger partial charge in [-0.2, -0.15) is 0 Å². The summed E-state index contributed by atoms with van der Waals surface area (Å²) in [7, 11) is 0. The summed E-state index contributed by atoms with van der Waals surface area (Å²) < 4.78 is 0. The van der Waals surface area contributed by atoms with Crippen LogP contribution in [0, 0.1) is 11.8 Å². The molecule has 3 nitrogen and oxygen atoms in total. The molecule has 0 radical (unpaired) electrons. The lowest BCUT2D eigenvalue weighted by Gasteiger charge is -2.31. The van der Waals surface area contributed by atoms with Gasteiger partial charge in [0.2, 0.25) is 0 Å². The van der Waals surface area contributed by atoms with E-state index in [1.165, 1.54) is 19.3 Å². The molecule has 1 atom stereocenters. The van der Waals surface area contributed by atoms with Crippen LogP contribution in [0.5, 0.6) is 0 Å². The second-order valence-electron chi connectivity index (χ2n) is 6.47. The molecule has 122 valence electrons. The van der Waals surface area contributed by atoms with Crippen molar-refractivity contribution in [3.63, 3.8) is 0 Å². The highest BCUT2D eigenvalue weighted by Gasteiger charge is 2.29. The zero-order valence-electron chi connectivity index (χ0n) is 13.5. The summed E-state index contributed by atoms with van der Waals surface area (Å²) in [6.45, 7) is 2.14. The van der Waals surface area contributed by atoms with Gasteiger partial charge < -0.3 is 4.79 Å². The van der Waals surface area contributed by atoms with E-state index in [0.717, 1.165) is 55.8 Å². The van der Waals surface area contributed by atoms with Gasteiger partial charge >= 0.3 is 0 Å². The molecule has 1 aliphatic rings. The van der Waals surface area contributed by atoms with Gasteiger partial charge in [-0.3, -0.25) is 0 Å². The summed E-state index contributed by atoms with van der Waals surface area (Å²) in [6.07, 6.45) is 13.9. The van der Waals surface area contributed by atoms with Crippen LogP contribution < -0.4 is 0 Å². The molecule has 2 rings (SSSR count). The van der Waals surface area contributed by atoms with Crippen LogP contribution in [0.4, 0.5) is 0 Å². The minimum Gasteiger partial charge on any atom is -0.303 e. The zero-order chi connectivity index (χ0) is 15.8. The van der Waals surface area contributed by atoms with Gasteiger partial charge in [0.15, 0.2) is 0 Å². The molecule has 0 N–H and O–H groups in total. The molecule has 0 saturated heterocycles. The molecule has 1 unspecified atom stereocenters. The van der Waals surface area contributed by atoms with E-state index >= 15 is 0 Å². The molecular weight excluding hydrogens is 296 g/mol. The van der Waals surface area contributed by atoms with Crippen molar-refractivity contribution in [3.8, 4) is 0 Å². The third kappa shape index (κ3) is 4.77. The summed E-state index contributed by atoms with van der Waals surface area (Å²) in [4.78, 5) is 20.5. The molecular formula is C18H27ClN2O. The maximum Gasteiger partial charge on any atom is 0.138 e. The maximum atomic E-state index is 11.6. The van der Waals surface area contributed by atoms with Crippen LogP contribution in [0.1, 0.15) is 69.2 Å². The topological polar surface area (TPSA) is 42.9 Å². The number of aldehydes is 1. The first-order chi connectivity index (χ1) is 10.8. The van der Waals surface area contributed by atoms with Crippen LogP contribution in [-0.4, -0.2) is 22.1 Å². The number of rotatable bonds is 8. The maximum absolute atomic E-state index is 11.6. The highest BCUT2D eigenvalue weighted by atomic mass is 35.5. The first kappa shape index (κ1) is 17.4. The van der Waals surface area contributed by atoms with Crippen LogP contribution in [0.2, 0.25) is 0 Å². The van der Waals surface area contributed by atoms with Crippen LogP contribution >= 0.6 is 11.6 Å². The van der Waals surface area contributed by atoms with Gasteiger partial charge in [0.1, 0.15) is 12.1 Å². The van der Waals surface area contributed by atoms with Crippen molar-refractivity contribution in [1.29, 1.82) is 0 Å². The number of aromatic nitrogens is 2. The largest absolute Gasteiger partial charge is 0.303 e. The zero-order valence-corrected chi connectivity index (χ0v) is 14.3. The van der Waals surface area contributed by atoms with Crippen molar-refractivity contribution in [1.82, 2.24) is 9.97 Å². The van der Waals surface area contributed by atoms with Crippen LogP contribution in [0.3, 0.4) is 0 Å². The molecule has 22 heavy (non-hydrogen) atoms. The third-order valence-electron chi connectivity index (χ3n) is 4.85. The number of hydrogen-bond acceptors (Lipinski definition) is 3. The fourth-order valence-corrected chi connectivity index (χ4v) is 3.69. The third-order valence-corrected chi connectivity index (χ3v) is 5.12. The summed E-state index contributed by atoms with van der Waals surface area (Å²) in [5.41, 5.74) is 1.15. The first-order valence-corrected chi connectivity index (χ1v) is 9.14. The van der Waals surface area contributed by atoms with Gasteiger partial charge in [0.05, 0.1) is 5.92 Å². The standard InChI is InChI=1S/C18H27ClN2O/c1-2-4-15-11-20-18(21-12-15)17(13-22)16-8-6-14(7-9-16)5-3-10-19/h11-14,16-17H,2-10H2,1H3. The van der Waals surface area contributed by atoms with Crippen molar-refractivity contribution in [2.45, 2.75) is 64.2 Å². The van der Waals surface area contributed by atoms with Gasteiger partial charge in [-0.25, -0.2) is 9.97 Å². The number of nitrogens with zero attached hydrogens (tertiary/aromatic N) is 2. The average Bonchev–Trinajstić information content (AvgIpc) is 2.56. The van der Waals surface area contributed by atoms with E-state index in [0.29, 0.717) is 11.7 Å². The van der Waals surface area contributed by atoms with Gasteiger partial charge in [-0.1, -0.05) is 26.2 Å². The summed E-state index contributed by atoms with van der Waals surface area (Å²) in [5.74, 6) is 2.52. The Hall–Kier alpha value is -0.960. The van der Waals surface area contributed by atoms with Crippen LogP contribution in [0.15, 0.2) is 12.4 Å².